The third-order valence-corrected chi connectivity index (χ3v) is 2.11. The van der Waals surface area contributed by atoms with E-state index in [9.17, 15) is 13.2 Å². The van der Waals surface area contributed by atoms with Gasteiger partial charge in [0, 0.05) is 18.1 Å². The van der Waals surface area contributed by atoms with E-state index >= 15 is 0 Å². The lowest BCUT2D eigenvalue weighted by molar-refractivity contribution is -0.144. The van der Waals surface area contributed by atoms with Gasteiger partial charge in [-0.05, 0) is 0 Å². The van der Waals surface area contributed by atoms with Crippen molar-refractivity contribution in [3.05, 3.63) is 5.82 Å². The number of nitrogens with zero attached hydrogens (tertiary/aromatic N) is 2. The number of hydrogen-bond acceptors (Lipinski definition) is 6. The molecule has 16 heavy (non-hydrogen) atoms. The lowest BCUT2D eigenvalue weighted by Gasteiger charge is -2.02. The molecule has 0 atom stereocenters. The van der Waals surface area contributed by atoms with Gasteiger partial charge in [-0.1, -0.05) is 0 Å². The molecule has 0 fully saturated rings. The van der Waals surface area contributed by atoms with Crippen molar-refractivity contribution in [2.24, 2.45) is 0 Å². The summed E-state index contributed by atoms with van der Waals surface area (Å²) >= 11 is 0.643. The fourth-order valence-electron chi connectivity index (χ4n) is 0.807. The van der Waals surface area contributed by atoms with Gasteiger partial charge in [0.1, 0.15) is 0 Å². The van der Waals surface area contributed by atoms with Crippen molar-refractivity contribution in [1.29, 1.82) is 0 Å². The lowest BCUT2D eigenvalue weighted by Crippen LogP contribution is -2.12. The van der Waals surface area contributed by atoms with Crippen LogP contribution in [0.5, 0.6) is 0 Å². The first kappa shape index (κ1) is 13.1. The molecule has 0 radical (unpaired) electrons. The van der Waals surface area contributed by atoms with E-state index < -0.39 is 12.0 Å². The summed E-state index contributed by atoms with van der Waals surface area (Å²) in [6.07, 6.45) is -4.51. The molecule has 0 spiro atoms. The Morgan fingerprint density at radius 3 is 2.69 bits per heavy atom. The summed E-state index contributed by atoms with van der Waals surface area (Å²) in [7, 11) is 0. The summed E-state index contributed by atoms with van der Waals surface area (Å²) in [6.45, 7) is 0.705. The number of aromatic nitrogens is 2. The standard InChI is InChI=1S/C7H10F3N3O2S/c8-7(9,10)5-12-6(16-13-5)11-1-3-15-4-2-14/h14H,1-4H2,(H,11,12,13). The van der Waals surface area contributed by atoms with Crippen molar-refractivity contribution in [3.8, 4) is 0 Å². The zero-order valence-corrected chi connectivity index (χ0v) is 8.94. The Hall–Kier alpha value is -0.930. The number of hydrogen-bond donors (Lipinski definition) is 2. The van der Waals surface area contributed by atoms with E-state index in [0.717, 1.165) is 0 Å². The van der Waals surface area contributed by atoms with Gasteiger partial charge in [0.05, 0.1) is 19.8 Å². The van der Waals surface area contributed by atoms with Crippen LogP contribution in [0.25, 0.3) is 0 Å². The summed E-state index contributed by atoms with van der Waals surface area (Å²) in [5.74, 6) is -1.14. The highest BCUT2D eigenvalue weighted by atomic mass is 32.1. The number of halogens is 3. The molecule has 0 saturated carbocycles. The normalized spacial score (nSPS) is 11.8. The SMILES string of the molecule is OCCOCCNc1nc(C(F)(F)F)ns1. The van der Waals surface area contributed by atoms with Crippen LogP contribution < -0.4 is 5.32 Å². The van der Waals surface area contributed by atoms with Crippen LogP contribution in [-0.4, -0.2) is 40.8 Å². The molecule has 1 heterocycles. The Morgan fingerprint density at radius 2 is 2.12 bits per heavy atom. The average Bonchev–Trinajstić information content (AvgIpc) is 2.65. The summed E-state index contributed by atoms with van der Waals surface area (Å²) in [4.78, 5) is 3.27. The monoisotopic (exact) mass is 257 g/mol. The minimum atomic E-state index is -4.51. The van der Waals surface area contributed by atoms with Gasteiger partial charge in [-0.25, -0.2) is 0 Å². The van der Waals surface area contributed by atoms with Crippen LogP contribution in [0, 0.1) is 0 Å². The van der Waals surface area contributed by atoms with Crippen molar-refractivity contribution in [1.82, 2.24) is 9.36 Å². The maximum Gasteiger partial charge on any atom is 0.452 e. The summed E-state index contributed by atoms with van der Waals surface area (Å²) in [5.41, 5.74) is 0. The number of rotatable bonds is 6. The first-order valence-corrected chi connectivity index (χ1v) is 5.14. The predicted molar refractivity (Wildman–Crippen MR) is 51.3 cm³/mol. The van der Waals surface area contributed by atoms with Crippen LogP contribution in [0.3, 0.4) is 0 Å². The van der Waals surface area contributed by atoms with Crippen LogP contribution in [0.2, 0.25) is 0 Å². The van der Waals surface area contributed by atoms with Gasteiger partial charge >= 0.3 is 6.18 Å². The Labute approximate surface area is 93.4 Å². The van der Waals surface area contributed by atoms with Crippen LogP contribution in [0.15, 0.2) is 0 Å². The molecule has 0 saturated heterocycles. The minimum Gasteiger partial charge on any atom is -0.394 e. The van der Waals surface area contributed by atoms with Gasteiger partial charge in [-0.3, -0.25) is 0 Å². The maximum absolute atomic E-state index is 12.1. The summed E-state index contributed by atoms with van der Waals surface area (Å²) in [5, 5.41) is 11.1. The van der Waals surface area contributed by atoms with Gasteiger partial charge in [0.2, 0.25) is 11.0 Å². The Balaban J connectivity index is 2.30. The number of aliphatic hydroxyl groups is 1. The third kappa shape index (κ3) is 4.29. The molecule has 0 aliphatic heterocycles. The molecule has 1 rings (SSSR count). The fourth-order valence-corrected chi connectivity index (χ4v) is 1.42. The maximum atomic E-state index is 12.1. The zero-order valence-electron chi connectivity index (χ0n) is 8.12. The van der Waals surface area contributed by atoms with Crippen molar-refractivity contribution >= 4 is 16.7 Å². The molecule has 2 N–H and O–H groups in total. The molecule has 0 unspecified atom stereocenters. The van der Waals surface area contributed by atoms with Gasteiger partial charge < -0.3 is 15.2 Å². The first-order valence-electron chi connectivity index (χ1n) is 4.37. The Morgan fingerprint density at radius 1 is 1.38 bits per heavy atom. The molecule has 1 aromatic rings. The predicted octanol–water partition coefficient (Wildman–Crippen LogP) is 0.978. The number of aliphatic hydroxyl groups excluding tert-OH is 1. The number of ether oxygens (including phenoxy) is 1. The topological polar surface area (TPSA) is 67.3 Å². The van der Waals surface area contributed by atoms with E-state index in [4.69, 9.17) is 9.84 Å². The van der Waals surface area contributed by atoms with Crippen LogP contribution in [-0.2, 0) is 10.9 Å². The third-order valence-electron chi connectivity index (χ3n) is 1.44. The second-order valence-corrected chi connectivity index (χ2v) is 3.44. The first-order chi connectivity index (χ1) is 7.54. The fraction of sp³-hybridized carbons (Fsp3) is 0.714. The van der Waals surface area contributed by atoms with Crippen LogP contribution in [0.4, 0.5) is 18.3 Å². The van der Waals surface area contributed by atoms with E-state index in [1.54, 1.807) is 0 Å². The molecule has 9 heteroatoms. The number of alkyl halides is 3. The smallest absolute Gasteiger partial charge is 0.394 e. The van der Waals surface area contributed by atoms with E-state index in [1.807, 2.05) is 0 Å². The Kier molecular flexibility index (Phi) is 4.90. The number of nitrogens with one attached hydrogen (secondary N) is 1. The number of anilines is 1. The van der Waals surface area contributed by atoms with Gasteiger partial charge in [-0.2, -0.15) is 22.5 Å². The molecular weight excluding hydrogens is 247 g/mol. The lowest BCUT2D eigenvalue weighted by atomic mass is 10.6. The Bertz CT molecular complexity index is 318. The van der Waals surface area contributed by atoms with Crippen molar-refractivity contribution in [2.45, 2.75) is 6.18 Å². The molecular formula is C7H10F3N3O2S. The highest BCUT2D eigenvalue weighted by Gasteiger charge is 2.35. The van der Waals surface area contributed by atoms with Gasteiger partial charge in [0.15, 0.2) is 0 Å². The van der Waals surface area contributed by atoms with Gasteiger partial charge in [-0.15, -0.1) is 0 Å². The second-order valence-electron chi connectivity index (χ2n) is 2.68. The zero-order chi connectivity index (χ0) is 12.0. The summed E-state index contributed by atoms with van der Waals surface area (Å²) < 4.78 is 44.3. The van der Waals surface area contributed by atoms with E-state index in [2.05, 4.69) is 14.7 Å². The highest BCUT2D eigenvalue weighted by Crippen LogP contribution is 2.28. The molecule has 0 aromatic carbocycles. The molecule has 0 amide bonds. The highest BCUT2D eigenvalue weighted by molar-refractivity contribution is 7.09. The molecule has 5 nitrogen and oxygen atoms in total. The molecule has 1 aromatic heterocycles. The van der Waals surface area contributed by atoms with Crippen LogP contribution in [0.1, 0.15) is 5.82 Å². The van der Waals surface area contributed by atoms with E-state index in [1.165, 1.54) is 0 Å². The molecule has 0 aliphatic rings. The van der Waals surface area contributed by atoms with Gasteiger partial charge in [0.25, 0.3) is 0 Å². The van der Waals surface area contributed by atoms with E-state index in [0.29, 0.717) is 18.1 Å². The van der Waals surface area contributed by atoms with Crippen molar-refractivity contribution < 1.29 is 23.0 Å². The molecule has 92 valence electrons. The van der Waals surface area contributed by atoms with Crippen molar-refractivity contribution in [3.63, 3.8) is 0 Å². The van der Waals surface area contributed by atoms with Crippen molar-refractivity contribution in [2.75, 3.05) is 31.7 Å². The second kappa shape index (κ2) is 5.97. The average molecular weight is 257 g/mol. The largest absolute Gasteiger partial charge is 0.452 e. The summed E-state index contributed by atoms with van der Waals surface area (Å²) in [6, 6.07) is 0. The quantitative estimate of drug-likeness (QED) is 0.743. The van der Waals surface area contributed by atoms with E-state index in [-0.39, 0.29) is 25.0 Å². The molecule has 0 aliphatic carbocycles. The van der Waals surface area contributed by atoms with Crippen LogP contribution >= 0.6 is 11.5 Å². The molecule has 0 bridgehead atoms. The minimum absolute atomic E-state index is 0.0863.